The van der Waals surface area contributed by atoms with Gasteiger partial charge < -0.3 is 20.7 Å². The second-order valence-corrected chi connectivity index (χ2v) is 7.33. The van der Waals surface area contributed by atoms with Gasteiger partial charge in [-0.25, -0.2) is 14.8 Å². The Morgan fingerprint density at radius 2 is 1.65 bits per heavy atom. The van der Waals surface area contributed by atoms with E-state index in [1.165, 1.54) is 6.33 Å². The van der Waals surface area contributed by atoms with Crippen molar-refractivity contribution in [2.75, 3.05) is 23.1 Å². The fraction of sp³-hybridized carbons (Fsp3) is 0.0455. The molecular weight excluding hydrogens is 437 g/mol. The number of carbonyl (C=O) groups excluding carboxylic acids is 1. The maximum atomic E-state index is 12.4. The average molecular weight is 454 g/mol. The molecule has 156 valence electrons. The normalized spacial score (nSPS) is 10.5. The number of aromatic nitrogens is 2. The smallest absolute Gasteiger partial charge is 0.323 e. The fourth-order valence-electron chi connectivity index (χ4n) is 2.94. The molecule has 31 heavy (non-hydrogen) atoms. The van der Waals surface area contributed by atoms with Crippen LogP contribution < -0.4 is 20.7 Å². The number of anilines is 4. The van der Waals surface area contributed by atoms with E-state index in [0.29, 0.717) is 27.2 Å². The second kappa shape index (κ2) is 9.07. The summed E-state index contributed by atoms with van der Waals surface area (Å²) < 4.78 is 5.26. The van der Waals surface area contributed by atoms with Crippen molar-refractivity contribution >= 4 is 63.0 Å². The Hall–Kier alpha value is -3.55. The van der Waals surface area contributed by atoms with E-state index in [0.717, 1.165) is 22.3 Å². The van der Waals surface area contributed by atoms with Crippen molar-refractivity contribution in [2.45, 2.75) is 0 Å². The zero-order valence-corrected chi connectivity index (χ0v) is 17.8. The van der Waals surface area contributed by atoms with Crippen LogP contribution in [0.4, 0.5) is 27.7 Å². The number of nitrogens with one attached hydrogen (secondary N) is 3. The van der Waals surface area contributed by atoms with Gasteiger partial charge in [0.2, 0.25) is 0 Å². The minimum Gasteiger partial charge on any atom is -0.497 e. The predicted octanol–water partition coefficient (Wildman–Crippen LogP) is 6.33. The lowest BCUT2D eigenvalue weighted by atomic mass is 10.2. The minimum atomic E-state index is -0.420. The summed E-state index contributed by atoms with van der Waals surface area (Å²) in [6, 6.07) is 17.3. The van der Waals surface area contributed by atoms with E-state index in [1.807, 2.05) is 30.3 Å². The number of amides is 2. The Bertz CT molecular complexity index is 1270. The topological polar surface area (TPSA) is 88.2 Å². The number of ether oxygens (including phenoxy) is 1. The molecule has 0 saturated heterocycles. The molecule has 0 fully saturated rings. The van der Waals surface area contributed by atoms with Gasteiger partial charge in [-0.05, 0) is 48.5 Å². The van der Waals surface area contributed by atoms with E-state index >= 15 is 0 Å². The van der Waals surface area contributed by atoms with Crippen LogP contribution in [-0.4, -0.2) is 23.1 Å². The molecule has 1 heterocycles. The van der Waals surface area contributed by atoms with E-state index in [2.05, 4.69) is 25.9 Å². The lowest BCUT2D eigenvalue weighted by molar-refractivity contribution is 0.262. The molecular formula is C22H17Cl2N5O2. The number of carbonyl (C=O) groups is 1. The van der Waals surface area contributed by atoms with Crippen LogP contribution in [0.2, 0.25) is 10.0 Å². The van der Waals surface area contributed by atoms with Gasteiger partial charge in [-0.2, -0.15) is 0 Å². The van der Waals surface area contributed by atoms with Crippen molar-refractivity contribution in [1.29, 1.82) is 0 Å². The van der Waals surface area contributed by atoms with Crippen molar-refractivity contribution in [3.63, 3.8) is 0 Å². The monoisotopic (exact) mass is 453 g/mol. The number of benzene rings is 3. The van der Waals surface area contributed by atoms with Gasteiger partial charge in [-0.15, -0.1) is 0 Å². The van der Waals surface area contributed by atoms with Gasteiger partial charge in [0.05, 0.1) is 22.7 Å². The zero-order valence-electron chi connectivity index (χ0n) is 16.3. The molecule has 0 atom stereocenters. The molecule has 7 nitrogen and oxygen atoms in total. The standard InChI is InChI=1S/C22H17Cl2N5O2/c1-31-16-4-2-3-13(9-16)27-21-17-10-14(6-8-20(17)25-12-26-21)28-22(30)29-15-5-7-18(23)19(24)11-15/h2-12H,1H3,(H,25,26,27)(H2,28,29,30). The molecule has 1 aromatic heterocycles. The molecule has 0 spiro atoms. The van der Waals surface area contributed by atoms with Gasteiger partial charge in [0, 0.05) is 28.5 Å². The maximum absolute atomic E-state index is 12.4. The molecule has 0 radical (unpaired) electrons. The number of fused-ring (bicyclic) bond motifs is 1. The first-order valence-corrected chi connectivity index (χ1v) is 9.96. The number of methoxy groups -OCH3 is 1. The lowest BCUT2D eigenvalue weighted by Crippen LogP contribution is -2.19. The van der Waals surface area contributed by atoms with Gasteiger partial charge in [0.25, 0.3) is 0 Å². The summed E-state index contributed by atoms with van der Waals surface area (Å²) in [5.41, 5.74) is 2.65. The number of halogens is 2. The summed E-state index contributed by atoms with van der Waals surface area (Å²) in [5.74, 6) is 1.33. The summed E-state index contributed by atoms with van der Waals surface area (Å²) >= 11 is 11.9. The van der Waals surface area contributed by atoms with E-state index < -0.39 is 6.03 Å². The van der Waals surface area contributed by atoms with Crippen LogP contribution in [0.5, 0.6) is 5.75 Å². The van der Waals surface area contributed by atoms with E-state index in [9.17, 15) is 4.79 Å². The molecule has 2 amide bonds. The van der Waals surface area contributed by atoms with Crippen LogP contribution in [-0.2, 0) is 0 Å². The van der Waals surface area contributed by atoms with Crippen molar-refractivity contribution in [1.82, 2.24) is 9.97 Å². The molecule has 0 bridgehead atoms. The third-order valence-corrected chi connectivity index (χ3v) is 5.14. The Kier molecular flexibility index (Phi) is 6.06. The zero-order chi connectivity index (χ0) is 21.8. The Morgan fingerprint density at radius 1 is 0.871 bits per heavy atom. The first-order chi connectivity index (χ1) is 15.0. The van der Waals surface area contributed by atoms with E-state index in [-0.39, 0.29) is 0 Å². The molecule has 0 aliphatic carbocycles. The predicted molar refractivity (Wildman–Crippen MR) is 125 cm³/mol. The first kappa shape index (κ1) is 20.7. The van der Waals surface area contributed by atoms with Gasteiger partial charge in [0.15, 0.2) is 0 Å². The molecule has 0 unspecified atom stereocenters. The molecule has 0 saturated carbocycles. The Labute approximate surface area is 188 Å². The average Bonchev–Trinajstić information content (AvgIpc) is 2.77. The quantitative estimate of drug-likeness (QED) is 0.328. The van der Waals surface area contributed by atoms with Crippen molar-refractivity contribution in [3.8, 4) is 5.75 Å². The number of hydrogen-bond acceptors (Lipinski definition) is 5. The van der Waals surface area contributed by atoms with Gasteiger partial charge >= 0.3 is 6.03 Å². The van der Waals surface area contributed by atoms with Gasteiger partial charge in [-0.3, -0.25) is 0 Å². The maximum Gasteiger partial charge on any atom is 0.323 e. The molecule has 3 N–H and O–H groups in total. The molecule has 0 aliphatic heterocycles. The summed E-state index contributed by atoms with van der Waals surface area (Å²) in [6.45, 7) is 0. The molecule has 9 heteroatoms. The van der Waals surface area contributed by atoms with Crippen LogP contribution in [0.1, 0.15) is 0 Å². The lowest BCUT2D eigenvalue weighted by Gasteiger charge is -2.12. The molecule has 0 aliphatic rings. The highest BCUT2D eigenvalue weighted by atomic mass is 35.5. The summed E-state index contributed by atoms with van der Waals surface area (Å²) in [7, 11) is 1.61. The third-order valence-electron chi connectivity index (χ3n) is 4.40. The second-order valence-electron chi connectivity index (χ2n) is 6.52. The highest BCUT2D eigenvalue weighted by molar-refractivity contribution is 6.42. The van der Waals surface area contributed by atoms with E-state index in [4.69, 9.17) is 27.9 Å². The minimum absolute atomic E-state index is 0.357. The van der Waals surface area contributed by atoms with Crippen LogP contribution in [0.25, 0.3) is 10.9 Å². The first-order valence-electron chi connectivity index (χ1n) is 9.21. The third kappa shape index (κ3) is 4.96. The Morgan fingerprint density at radius 3 is 2.42 bits per heavy atom. The summed E-state index contributed by atoms with van der Waals surface area (Å²) in [5, 5.41) is 10.3. The number of rotatable bonds is 5. The molecule has 4 rings (SSSR count). The van der Waals surface area contributed by atoms with Gasteiger partial charge in [-0.1, -0.05) is 29.3 Å². The van der Waals surface area contributed by atoms with Crippen LogP contribution >= 0.6 is 23.2 Å². The van der Waals surface area contributed by atoms with E-state index in [1.54, 1.807) is 37.4 Å². The molecule has 3 aromatic carbocycles. The highest BCUT2D eigenvalue weighted by Crippen LogP contribution is 2.28. The fourth-order valence-corrected chi connectivity index (χ4v) is 3.24. The van der Waals surface area contributed by atoms with Crippen LogP contribution in [0, 0.1) is 0 Å². The number of urea groups is 1. The van der Waals surface area contributed by atoms with Gasteiger partial charge in [0.1, 0.15) is 17.9 Å². The largest absolute Gasteiger partial charge is 0.497 e. The van der Waals surface area contributed by atoms with Crippen molar-refractivity contribution in [2.24, 2.45) is 0 Å². The van der Waals surface area contributed by atoms with Crippen LogP contribution in [0.3, 0.4) is 0 Å². The van der Waals surface area contributed by atoms with Crippen molar-refractivity contribution < 1.29 is 9.53 Å². The molecule has 4 aromatic rings. The number of nitrogens with zero attached hydrogens (tertiary/aromatic N) is 2. The SMILES string of the molecule is COc1cccc(Nc2ncnc3ccc(NC(=O)Nc4ccc(Cl)c(Cl)c4)cc23)c1. The summed E-state index contributed by atoms with van der Waals surface area (Å²) in [6.07, 6.45) is 1.48. The number of hydrogen-bond donors (Lipinski definition) is 3. The highest BCUT2D eigenvalue weighted by Gasteiger charge is 2.09. The van der Waals surface area contributed by atoms with Crippen LogP contribution in [0.15, 0.2) is 67.0 Å². The Balaban J connectivity index is 1.55. The van der Waals surface area contributed by atoms with Crippen molar-refractivity contribution in [3.05, 3.63) is 77.0 Å². The summed E-state index contributed by atoms with van der Waals surface area (Å²) in [4.78, 5) is 21.0.